The molecule has 2 aromatic carbocycles. The van der Waals surface area contributed by atoms with E-state index < -0.39 is 0 Å². The van der Waals surface area contributed by atoms with Gasteiger partial charge in [0, 0.05) is 36.5 Å². The quantitative estimate of drug-likeness (QED) is 0.331. The number of ether oxygens (including phenoxy) is 1. The lowest BCUT2D eigenvalue weighted by atomic mass is 10.0. The highest BCUT2D eigenvalue weighted by Gasteiger charge is 2.35. The molecule has 4 aromatic rings. The molecule has 36 heavy (non-hydrogen) atoms. The van der Waals surface area contributed by atoms with Crippen molar-refractivity contribution in [2.45, 2.75) is 32.9 Å². The molecule has 0 saturated carbocycles. The number of hydrogen-bond acceptors (Lipinski definition) is 3. The molecule has 1 atom stereocenters. The van der Waals surface area contributed by atoms with Gasteiger partial charge in [-0.1, -0.05) is 41.9 Å². The predicted octanol–water partition coefficient (Wildman–Crippen LogP) is 5.67. The standard InChI is InChI=1S/C28H30ClN5O2/c1-3-36-17-9-15-30-28(35)33-19-24-20(2)31-34(23-12-5-4-6-13-23)27(24)32-16-8-14-25(32)26(33)21-10-7-11-22(29)18-21/h4-8,10-14,16,18,26H,3,9,15,17,19H2,1-2H3,(H,30,35)/t26-/m1/s1. The zero-order valence-electron chi connectivity index (χ0n) is 20.5. The van der Waals surface area contributed by atoms with Crippen molar-refractivity contribution in [1.82, 2.24) is 24.6 Å². The fraction of sp³-hybridized carbons (Fsp3) is 0.286. The maximum absolute atomic E-state index is 13.7. The summed E-state index contributed by atoms with van der Waals surface area (Å²) in [7, 11) is 0. The van der Waals surface area contributed by atoms with Crippen LogP contribution in [0.5, 0.6) is 0 Å². The van der Waals surface area contributed by atoms with Gasteiger partial charge in [0.25, 0.3) is 0 Å². The van der Waals surface area contributed by atoms with E-state index in [0.29, 0.717) is 31.3 Å². The molecular formula is C28H30ClN5O2. The third-order valence-electron chi connectivity index (χ3n) is 6.46. The molecule has 186 valence electrons. The minimum atomic E-state index is -0.332. The number of aryl methyl sites for hydroxylation is 1. The molecule has 8 heteroatoms. The average molecular weight is 504 g/mol. The van der Waals surface area contributed by atoms with Crippen LogP contribution in [0.3, 0.4) is 0 Å². The van der Waals surface area contributed by atoms with E-state index in [0.717, 1.165) is 40.4 Å². The Kier molecular flexibility index (Phi) is 7.11. The number of nitrogens with zero attached hydrogens (tertiary/aromatic N) is 4. The second kappa shape index (κ2) is 10.6. The first-order chi connectivity index (χ1) is 17.6. The van der Waals surface area contributed by atoms with Crippen LogP contribution in [-0.2, 0) is 11.3 Å². The molecule has 0 radical (unpaired) electrons. The van der Waals surface area contributed by atoms with Gasteiger partial charge in [0.2, 0.25) is 0 Å². The first-order valence-electron chi connectivity index (χ1n) is 12.3. The number of nitrogens with one attached hydrogen (secondary N) is 1. The number of hydrogen-bond donors (Lipinski definition) is 1. The van der Waals surface area contributed by atoms with Crippen LogP contribution < -0.4 is 5.32 Å². The smallest absolute Gasteiger partial charge is 0.318 e. The lowest BCUT2D eigenvalue weighted by molar-refractivity contribution is 0.143. The van der Waals surface area contributed by atoms with Crippen molar-refractivity contribution in [2.24, 2.45) is 0 Å². The first-order valence-corrected chi connectivity index (χ1v) is 12.7. The SMILES string of the molecule is CCOCCCNC(=O)N1Cc2c(C)nn(-c3ccccc3)c2-n2cccc2[C@H]1c1cccc(Cl)c1. The molecule has 0 aliphatic carbocycles. The summed E-state index contributed by atoms with van der Waals surface area (Å²) in [4.78, 5) is 15.6. The normalized spacial score (nSPS) is 14.8. The van der Waals surface area contributed by atoms with Gasteiger partial charge < -0.3 is 19.5 Å². The highest BCUT2D eigenvalue weighted by atomic mass is 35.5. The van der Waals surface area contributed by atoms with Crippen molar-refractivity contribution in [2.75, 3.05) is 19.8 Å². The molecule has 0 spiro atoms. The summed E-state index contributed by atoms with van der Waals surface area (Å²) >= 11 is 6.41. The van der Waals surface area contributed by atoms with Crippen molar-refractivity contribution in [3.8, 4) is 11.5 Å². The number of amides is 2. The van der Waals surface area contributed by atoms with Gasteiger partial charge in [-0.25, -0.2) is 9.48 Å². The number of para-hydroxylation sites is 1. The molecule has 5 rings (SSSR count). The number of aromatic nitrogens is 3. The van der Waals surface area contributed by atoms with Crippen LogP contribution in [0.2, 0.25) is 5.02 Å². The lowest BCUT2D eigenvalue weighted by Crippen LogP contribution is -2.42. The molecule has 3 heterocycles. The predicted molar refractivity (Wildman–Crippen MR) is 141 cm³/mol. The average Bonchev–Trinajstić information content (AvgIpc) is 3.44. The maximum Gasteiger partial charge on any atom is 0.318 e. The molecule has 2 aromatic heterocycles. The van der Waals surface area contributed by atoms with Gasteiger partial charge in [-0.3, -0.25) is 0 Å². The molecule has 0 bridgehead atoms. The molecule has 0 unspecified atom stereocenters. The maximum atomic E-state index is 13.7. The number of carbonyl (C=O) groups is 1. The van der Waals surface area contributed by atoms with Gasteiger partial charge in [0.15, 0.2) is 0 Å². The Morgan fingerprint density at radius 3 is 2.75 bits per heavy atom. The third-order valence-corrected chi connectivity index (χ3v) is 6.69. The summed E-state index contributed by atoms with van der Waals surface area (Å²) in [6.07, 6.45) is 2.79. The van der Waals surface area contributed by atoms with E-state index in [1.165, 1.54) is 0 Å². The number of carbonyl (C=O) groups excluding carboxylic acids is 1. The Bertz CT molecular complexity index is 1350. The van der Waals surface area contributed by atoms with E-state index in [4.69, 9.17) is 21.4 Å². The summed E-state index contributed by atoms with van der Waals surface area (Å²) < 4.78 is 9.55. The van der Waals surface area contributed by atoms with Crippen molar-refractivity contribution >= 4 is 17.6 Å². The second-order valence-electron chi connectivity index (χ2n) is 8.81. The van der Waals surface area contributed by atoms with Crippen molar-refractivity contribution in [1.29, 1.82) is 0 Å². The van der Waals surface area contributed by atoms with E-state index in [1.54, 1.807) is 0 Å². The fourth-order valence-electron chi connectivity index (χ4n) is 4.79. The Morgan fingerprint density at radius 1 is 1.14 bits per heavy atom. The Hall–Kier alpha value is -3.55. The zero-order valence-corrected chi connectivity index (χ0v) is 21.3. The largest absolute Gasteiger partial charge is 0.382 e. The first kappa shape index (κ1) is 24.2. The number of urea groups is 1. The Morgan fingerprint density at radius 2 is 1.97 bits per heavy atom. The van der Waals surface area contributed by atoms with Gasteiger partial charge in [0.1, 0.15) is 5.82 Å². The summed E-state index contributed by atoms with van der Waals surface area (Å²) in [6, 6.07) is 21.4. The molecule has 1 N–H and O–H groups in total. The van der Waals surface area contributed by atoms with E-state index in [9.17, 15) is 4.79 Å². The van der Waals surface area contributed by atoms with Gasteiger partial charge in [0.05, 0.1) is 29.7 Å². The highest BCUT2D eigenvalue weighted by molar-refractivity contribution is 6.30. The van der Waals surface area contributed by atoms with Crippen LogP contribution in [-0.4, -0.2) is 45.0 Å². The third kappa shape index (κ3) is 4.64. The van der Waals surface area contributed by atoms with Gasteiger partial charge in [-0.2, -0.15) is 5.10 Å². The number of benzene rings is 2. The molecule has 1 aliphatic heterocycles. The minimum Gasteiger partial charge on any atom is -0.382 e. The Labute approximate surface area is 216 Å². The van der Waals surface area contributed by atoms with Gasteiger partial charge in [-0.05, 0) is 62.2 Å². The monoisotopic (exact) mass is 503 g/mol. The van der Waals surface area contributed by atoms with E-state index in [2.05, 4.69) is 16.0 Å². The van der Waals surface area contributed by atoms with E-state index >= 15 is 0 Å². The number of halogens is 1. The summed E-state index contributed by atoms with van der Waals surface area (Å²) in [5.41, 5.74) is 4.78. The number of fused-ring (bicyclic) bond motifs is 3. The van der Waals surface area contributed by atoms with Crippen LogP contribution >= 0.6 is 11.6 Å². The summed E-state index contributed by atoms with van der Waals surface area (Å²) in [5.74, 6) is 0.942. The molecule has 1 aliphatic rings. The molecule has 0 saturated heterocycles. The molecule has 2 amide bonds. The van der Waals surface area contributed by atoms with Crippen LogP contribution in [0, 0.1) is 6.92 Å². The van der Waals surface area contributed by atoms with E-state index in [-0.39, 0.29) is 12.1 Å². The van der Waals surface area contributed by atoms with Crippen LogP contribution in [0.1, 0.15) is 41.9 Å². The van der Waals surface area contributed by atoms with Crippen molar-refractivity contribution in [3.63, 3.8) is 0 Å². The van der Waals surface area contributed by atoms with Gasteiger partial charge in [-0.15, -0.1) is 0 Å². The van der Waals surface area contributed by atoms with Crippen molar-refractivity contribution in [3.05, 3.63) is 100 Å². The molecular weight excluding hydrogens is 474 g/mol. The van der Waals surface area contributed by atoms with Crippen LogP contribution in [0.25, 0.3) is 11.5 Å². The topological polar surface area (TPSA) is 64.3 Å². The Balaban J connectivity index is 1.61. The van der Waals surface area contributed by atoms with Crippen LogP contribution in [0.15, 0.2) is 72.9 Å². The lowest BCUT2D eigenvalue weighted by Gasteiger charge is -2.31. The molecule has 0 fully saturated rings. The second-order valence-corrected chi connectivity index (χ2v) is 9.24. The molecule has 7 nitrogen and oxygen atoms in total. The van der Waals surface area contributed by atoms with E-state index in [1.807, 2.05) is 90.3 Å². The van der Waals surface area contributed by atoms with Gasteiger partial charge >= 0.3 is 6.03 Å². The summed E-state index contributed by atoms with van der Waals surface area (Å²) in [6.45, 7) is 6.19. The number of rotatable bonds is 7. The van der Waals surface area contributed by atoms with Crippen LogP contribution in [0.4, 0.5) is 4.79 Å². The minimum absolute atomic E-state index is 0.135. The highest BCUT2D eigenvalue weighted by Crippen LogP contribution is 2.38. The summed E-state index contributed by atoms with van der Waals surface area (Å²) in [5, 5.41) is 8.62. The fourth-order valence-corrected chi connectivity index (χ4v) is 4.99. The zero-order chi connectivity index (χ0) is 25.1. The van der Waals surface area contributed by atoms with Crippen molar-refractivity contribution < 1.29 is 9.53 Å².